The van der Waals surface area contributed by atoms with Crippen LogP contribution < -0.4 is 5.73 Å². The van der Waals surface area contributed by atoms with Crippen molar-refractivity contribution in [3.05, 3.63) is 34.1 Å². The van der Waals surface area contributed by atoms with Crippen molar-refractivity contribution in [1.82, 2.24) is 4.90 Å². The molecule has 2 N–H and O–H groups in total. The molecule has 1 aromatic rings. The number of amides is 1. The summed E-state index contributed by atoms with van der Waals surface area (Å²) in [5.74, 6) is -0.677. The summed E-state index contributed by atoms with van der Waals surface area (Å²) in [4.78, 5) is 13.4. The maximum absolute atomic E-state index is 13.2. The molecule has 1 amide bonds. The van der Waals surface area contributed by atoms with Gasteiger partial charge in [0.1, 0.15) is 5.82 Å². The third kappa shape index (κ3) is 2.80. The minimum absolute atomic E-state index is 0.0702. The first-order chi connectivity index (χ1) is 7.47. The molecule has 1 atom stereocenters. The number of hydrogen-bond acceptors (Lipinski definition) is 2. The normalized spacial score (nSPS) is 12.3. The van der Waals surface area contributed by atoms with Crippen LogP contribution in [0.2, 0.25) is 0 Å². The summed E-state index contributed by atoms with van der Waals surface area (Å²) in [6.07, 6.45) is 0. The summed E-state index contributed by atoms with van der Waals surface area (Å²) < 4.78 is 13.6. The van der Waals surface area contributed by atoms with Gasteiger partial charge in [0.2, 0.25) is 0 Å². The van der Waals surface area contributed by atoms with E-state index in [-0.39, 0.29) is 11.9 Å². The van der Waals surface area contributed by atoms with Gasteiger partial charge in [0.05, 0.1) is 4.47 Å². The number of nitrogens with two attached hydrogens (primary N) is 1. The Morgan fingerprint density at radius 3 is 2.75 bits per heavy atom. The molecule has 0 radical (unpaired) electrons. The molecule has 0 aromatic heterocycles. The van der Waals surface area contributed by atoms with Gasteiger partial charge in [-0.3, -0.25) is 4.79 Å². The average molecular weight is 289 g/mol. The second-order valence-electron chi connectivity index (χ2n) is 3.63. The summed E-state index contributed by atoms with van der Waals surface area (Å²) >= 11 is 3.04. The van der Waals surface area contributed by atoms with Crippen molar-refractivity contribution in [2.24, 2.45) is 5.73 Å². The van der Waals surface area contributed by atoms with Gasteiger partial charge in [-0.05, 0) is 41.1 Å². The molecule has 0 aliphatic heterocycles. The Kier molecular flexibility index (Phi) is 4.44. The van der Waals surface area contributed by atoms with Gasteiger partial charge in [-0.15, -0.1) is 0 Å². The molecule has 16 heavy (non-hydrogen) atoms. The van der Waals surface area contributed by atoms with Crippen LogP contribution in [0.25, 0.3) is 0 Å². The lowest BCUT2D eigenvalue weighted by molar-refractivity contribution is 0.0748. The van der Waals surface area contributed by atoms with E-state index in [0.29, 0.717) is 16.6 Å². The summed E-state index contributed by atoms with van der Waals surface area (Å²) in [7, 11) is 1.65. The first kappa shape index (κ1) is 13.1. The smallest absolute Gasteiger partial charge is 0.253 e. The lowest BCUT2D eigenvalue weighted by Crippen LogP contribution is -2.39. The largest absolute Gasteiger partial charge is 0.338 e. The van der Waals surface area contributed by atoms with Crippen LogP contribution in [0.5, 0.6) is 0 Å². The van der Waals surface area contributed by atoms with Crippen molar-refractivity contribution < 1.29 is 9.18 Å². The van der Waals surface area contributed by atoms with Crippen molar-refractivity contribution in [3.63, 3.8) is 0 Å². The van der Waals surface area contributed by atoms with Gasteiger partial charge in [0, 0.05) is 25.2 Å². The van der Waals surface area contributed by atoms with E-state index in [1.807, 2.05) is 6.92 Å². The Labute approximate surface area is 103 Å². The lowest BCUT2D eigenvalue weighted by atomic mass is 10.1. The van der Waals surface area contributed by atoms with Crippen LogP contribution in [-0.2, 0) is 0 Å². The van der Waals surface area contributed by atoms with E-state index in [0.717, 1.165) is 0 Å². The minimum Gasteiger partial charge on any atom is -0.338 e. The topological polar surface area (TPSA) is 46.3 Å². The highest BCUT2D eigenvalue weighted by Crippen LogP contribution is 2.17. The highest BCUT2D eigenvalue weighted by molar-refractivity contribution is 9.10. The molecule has 0 aliphatic rings. The van der Waals surface area contributed by atoms with Gasteiger partial charge >= 0.3 is 0 Å². The SMILES string of the molecule is CC(CN)N(C)C(=O)c1ccc(Br)c(F)c1. The highest BCUT2D eigenvalue weighted by atomic mass is 79.9. The predicted octanol–water partition coefficient (Wildman–Crippen LogP) is 2.01. The number of halogens is 2. The minimum atomic E-state index is -0.445. The first-order valence-electron chi connectivity index (χ1n) is 4.89. The zero-order valence-corrected chi connectivity index (χ0v) is 10.8. The van der Waals surface area contributed by atoms with Crippen molar-refractivity contribution in [2.45, 2.75) is 13.0 Å². The molecule has 0 spiro atoms. The van der Waals surface area contributed by atoms with E-state index in [1.54, 1.807) is 13.1 Å². The molecule has 5 heteroatoms. The van der Waals surface area contributed by atoms with Crippen LogP contribution in [0.4, 0.5) is 4.39 Å². The van der Waals surface area contributed by atoms with E-state index in [2.05, 4.69) is 15.9 Å². The van der Waals surface area contributed by atoms with Crippen molar-refractivity contribution in [1.29, 1.82) is 0 Å². The fraction of sp³-hybridized carbons (Fsp3) is 0.364. The fourth-order valence-electron chi connectivity index (χ4n) is 1.19. The molecular formula is C11H14BrFN2O. The summed E-state index contributed by atoms with van der Waals surface area (Å²) in [5, 5.41) is 0. The van der Waals surface area contributed by atoms with Gasteiger partial charge < -0.3 is 10.6 Å². The quantitative estimate of drug-likeness (QED) is 0.925. The second kappa shape index (κ2) is 5.41. The maximum Gasteiger partial charge on any atom is 0.253 e. The van der Waals surface area contributed by atoms with Crippen molar-refractivity contribution in [2.75, 3.05) is 13.6 Å². The van der Waals surface area contributed by atoms with Crippen LogP contribution >= 0.6 is 15.9 Å². The molecule has 0 bridgehead atoms. The monoisotopic (exact) mass is 288 g/mol. The van der Waals surface area contributed by atoms with E-state index in [9.17, 15) is 9.18 Å². The third-order valence-electron chi connectivity index (χ3n) is 2.49. The van der Waals surface area contributed by atoms with E-state index in [1.165, 1.54) is 17.0 Å². The highest BCUT2D eigenvalue weighted by Gasteiger charge is 2.17. The lowest BCUT2D eigenvalue weighted by Gasteiger charge is -2.23. The summed E-state index contributed by atoms with van der Waals surface area (Å²) in [6.45, 7) is 2.22. The van der Waals surface area contributed by atoms with Gasteiger partial charge in [-0.1, -0.05) is 0 Å². The summed E-state index contributed by atoms with van der Waals surface area (Å²) in [6, 6.07) is 4.24. The Morgan fingerprint density at radius 2 is 2.25 bits per heavy atom. The molecule has 1 aromatic carbocycles. The van der Waals surface area contributed by atoms with Crippen LogP contribution in [0.3, 0.4) is 0 Å². The van der Waals surface area contributed by atoms with Crippen LogP contribution in [0.1, 0.15) is 17.3 Å². The van der Waals surface area contributed by atoms with Crippen molar-refractivity contribution >= 4 is 21.8 Å². The first-order valence-corrected chi connectivity index (χ1v) is 5.69. The number of carbonyl (C=O) groups is 1. The molecule has 3 nitrogen and oxygen atoms in total. The van der Waals surface area contributed by atoms with E-state index in [4.69, 9.17) is 5.73 Å². The number of benzene rings is 1. The number of likely N-dealkylation sites (N-methyl/N-ethyl adjacent to an activating group) is 1. The van der Waals surface area contributed by atoms with Gasteiger partial charge in [0.25, 0.3) is 5.91 Å². The van der Waals surface area contributed by atoms with E-state index < -0.39 is 5.82 Å². The molecule has 0 fully saturated rings. The van der Waals surface area contributed by atoms with Gasteiger partial charge in [-0.25, -0.2) is 4.39 Å². The second-order valence-corrected chi connectivity index (χ2v) is 4.48. The zero-order chi connectivity index (χ0) is 12.3. The molecule has 1 rings (SSSR count). The Bertz CT molecular complexity index is 398. The summed E-state index contributed by atoms with van der Waals surface area (Å²) in [5.41, 5.74) is 5.79. The van der Waals surface area contributed by atoms with Crippen LogP contribution in [0.15, 0.2) is 22.7 Å². The predicted molar refractivity (Wildman–Crippen MR) is 64.7 cm³/mol. The molecule has 1 unspecified atom stereocenters. The number of hydrogen-bond donors (Lipinski definition) is 1. The maximum atomic E-state index is 13.2. The molecular weight excluding hydrogens is 275 g/mol. The van der Waals surface area contributed by atoms with Crippen LogP contribution in [-0.4, -0.2) is 30.4 Å². The molecule has 88 valence electrons. The molecule has 0 saturated heterocycles. The number of rotatable bonds is 3. The molecule has 0 saturated carbocycles. The fourth-order valence-corrected chi connectivity index (χ4v) is 1.44. The number of carbonyl (C=O) groups excluding carboxylic acids is 1. The zero-order valence-electron chi connectivity index (χ0n) is 9.21. The Morgan fingerprint density at radius 1 is 1.62 bits per heavy atom. The Hall–Kier alpha value is -0.940. The number of nitrogens with zero attached hydrogens (tertiary/aromatic N) is 1. The van der Waals surface area contributed by atoms with Crippen molar-refractivity contribution in [3.8, 4) is 0 Å². The van der Waals surface area contributed by atoms with E-state index >= 15 is 0 Å². The third-order valence-corrected chi connectivity index (χ3v) is 3.13. The molecule has 0 aliphatic carbocycles. The average Bonchev–Trinajstić information content (AvgIpc) is 2.29. The van der Waals surface area contributed by atoms with Gasteiger partial charge in [-0.2, -0.15) is 0 Å². The molecule has 0 heterocycles. The van der Waals surface area contributed by atoms with Gasteiger partial charge in [0.15, 0.2) is 0 Å². The standard InChI is InChI=1S/C11H14BrFN2O/c1-7(6-14)15(2)11(16)8-3-4-9(12)10(13)5-8/h3-5,7H,6,14H2,1-2H3. The Balaban J connectivity index is 2.92. The van der Waals surface area contributed by atoms with Crippen LogP contribution in [0, 0.1) is 5.82 Å².